The van der Waals surface area contributed by atoms with Crippen molar-refractivity contribution in [2.24, 2.45) is 0 Å². The van der Waals surface area contributed by atoms with Gasteiger partial charge in [-0.1, -0.05) is 24.3 Å². The van der Waals surface area contributed by atoms with Crippen LogP contribution in [0.15, 0.2) is 48.5 Å². The van der Waals surface area contributed by atoms with Crippen LogP contribution in [0, 0.1) is 25.1 Å². The number of aromatic nitrogens is 2. The lowest BCUT2D eigenvalue weighted by Crippen LogP contribution is -2.42. The number of anilines is 1. The van der Waals surface area contributed by atoms with E-state index in [0.29, 0.717) is 48.9 Å². The number of methoxy groups -OCH3 is 1. The zero-order valence-corrected chi connectivity index (χ0v) is 20.6. The summed E-state index contributed by atoms with van der Waals surface area (Å²) in [5, 5.41) is 10.3. The van der Waals surface area contributed by atoms with Crippen LogP contribution >= 0.6 is 0 Å². The number of nitrogens with one attached hydrogen (secondary N) is 2. The summed E-state index contributed by atoms with van der Waals surface area (Å²) in [6.45, 7) is 10.7. The largest absolute Gasteiger partial charge is 0.406 e. The minimum Gasteiger partial charge on any atom is -0.406 e. The summed E-state index contributed by atoms with van der Waals surface area (Å²) in [5.41, 5.74) is 1.86. The molecule has 9 nitrogen and oxygen atoms in total. The summed E-state index contributed by atoms with van der Waals surface area (Å²) in [6, 6.07) is 12.2. The van der Waals surface area contributed by atoms with Crippen molar-refractivity contribution in [3.8, 4) is 11.6 Å². The molecule has 0 unspecified atom stereocenters. The zero-order valence-electron chi connectivity index (χ0n) is 20.6. The fraction of sp³-hybridized carbons (Fsp3) is 0.346. The van der Waals surface area contributed by atoms with Crippen LogP contribution in [0.5, 0.6) is 5.88 Å². The maximum absolute atomic E-state index is 14.0. The molecule has 1 fully saturated rings. The number of halogens is 2. The first-order valence-electron chi connectivity index (χ1n) is 11.8. The van der Waals surface area contributed by atoms with Gasteiger partial charge in [0.15, 0.2) is 11.6 Å². The predicted molar refractivity (Wildman–Crippen MR) is 134 cm³/mol. The van der Waals surface area contributed by atoms with Gasteiger partial charge in [-0.2, -0.15) is 0 Å². The van der Waals surface area contributed by atoms with Crippen molar-refractivity contribution in [2.75, 3.05) is 45.4 Å². The number of nitrogens with zero attached hydrogens (tertiary/aromatic N) is 4. The van der Waals surface area contributed by atoms with Crippen LogP contribution in [-0.4, -0.2) is 66.8 Å². The van der Waals surface area contributed by atoms with E-state index in [2.05, 4.69) is 25.5 Å². The maximum atomic E-state index is 14.0. The van der Waals surface area contributed by atoms with Gasteiger partial charge in [0.05, 0.1) is 23.9 Å². The van der Waals surface area contributed by atoms with Crippen molar-refractivity contribution >= 4 is 11.8 Å². The molecule has 2 heterocycles. The molecule has 3 aromatic rings. The Kier molecular flexibility index (Phi) is 8.32. The first kappa shape index (κ1) is 26.1. The topological polar surface area (TPSA) is 85.0 Å². The number of amides is 2. The second-order valence-corrected chi connectivity index (χ2v) is 8.70. The molecule has 0 bridgehead atoms. The number of hydrogen-bond acceptors (Lipinski definition) is 5. The van der Waals surface area contributed by atoms with E-state index in [1.165, 1.54) is 6.07 Å². The van der Waals surface area contributed by atoms with E-state index >= 15 is 0 Å². The molecule has 0 saturated carbocycles. The molecule has 2 N–H and O–H groups in total. The van der Waals surface area contributed by atoms with Crippen LogP contribution in [0.4, 0.5) is 19.4 Å². The summed E-state index contributed by atoms with van der Waals surface area (Å²) >= 11 is 0. The van der Waals surface area contributed by atoms with Crippen LogP contribution in [0.2, 0.25) is 0 Å². The third-order valence-electron chi connectivity index (χ3n) is 6.27. The van der Waals surface area contributed by atoms with Gasteiger partial charge in [0.25, 0.3) is 0 Å². The molecule has 2 atom stereocenters. The molecule has 2 aromatic carbocycles. The van der Waals surface area contributed by atoms with Crippen LogP contribution in [-0.2, 0) is 4.74 Å². The number of carbonyl (C=O) groups is 1. The van der Waals surface area contributed by atoms with Gasteiger partial charge in [-0.15, -0.1) is 5.10 Å². The van der Waals surface area contributed by atoms with Crippen LogP contribution in [0.3, 0.4) is 0 Å². The van der Waals surface area contributed by atoms with Gasteiger partial charge in [0, 0.05) is 32.7 Å². The van der Waals surface area contributed by atoms with E-state index in [-0.39, 0.29) is 24.6 Å². The molecule has 194 valence electrons. The van der Waals surface area contributed by atoms with Gasteiger partial charge in [0.1, 0.15) is 5.82 Å². The van der Waals surface area contributed by atoms with Gasteiger partial charge in [-0.3, -0.25) is 15.1 Å². The van der Waals surface area contributed by atoms with Gasteiger partial charge in [-0.05, 0) is 36.8 Å². The van der Waals surface area contributed by atoms with Gasteiger partial charge in [0.2, 0.25) is 5.88 Å². The molecule has 1 saturated heterocycles. The van der Waals surface area contributed by atoms with Crippen molar-refractivity contribution in [3.63, 3.8) is 0 Å². The Morgan fingerprint density at radius 1 is 1.19 bits per heavy atom. The highest BCUT2D eigenvalue weighted by Crippen LogP contribution is 2.30. The standard InChI is InChI=1S/C26H28F2N6O3/c1-17-24(34(19-7-5-4-6-8-19)32-25(17)37-16-29-2)31-26(35)30-23-15-33(11-12-36-3)14-20(23)18-9-10-21(27)22(28)13-18/h4-10,13,20,23H,11-12,14-16H2,1,3H3,(H2,30,31,35)/t20-,23+/m0/s1. The summed E-state index contributed by atoms with van der Waals surface area (Å²) < 4.78 is 39.7. The van der Waals surface area contributed by atoms with E-state index in [1.807, 2.05) is 30.3 Å². The van der Waals surface area contributed by atoms with Crippen molar-refractivity contribution in [3.05, 3.63) is 82.7 Å². The normalized spacial score (nSPS) is 17.4. The first-order valence-corrected chi connectivity index (χ1v) is 11.8. The van der Waals surface area contributed by atoms with Gasteiger partial charge in [-0.25, -0.2) is 24.8 Å². The van der Waals surface area contributed by atoms with Crippen molar-refractivity contribution in [2.45, 2.75) is 18.9 Å². The Morgan fingerprint density at radius 2 is 1.97 bits per heavy atom. The fourth-order valence-corrected chi connectivity index (χ4v) is 4.44. The summed E-state index contributed by atoms with van der Waals surface area (Å²) in [6.07, 6.45) is 0. The first-order chi connectivity index (χ1) is 17.9. The Labute approximate surface area is 213 Å². The lowest BCUT2D eigenvalue weighted by molar-refractivity contribution is 0.159. The molecule has 0 aliphatic carbocycles. The van der Waals surface area contributed by atoms with E-state index in [4.69, 9.17) is 16.0 Å². The summed E-state index contributed by atoms with van der Waals surface area (Å²) in [4.78, 5) is 18.5. The molecule has 1 aliphatic rings. The zero-order chi connectivity index (χ0) is 26.4. The van der Waals surface area contributed by atoms with Crippen molar-refractivity contribution < 1.29 is 23.0 Å². The number of ether oxygens (including phenoxy) is 2. The number of urea groups is 1. The smallest absolute Gasteiger partial charge is 0.358 e. The molecule has 2 amide bonds. The highest BCUT2D eigenvalue weighted by molar-refractivity contribution is 5.90. The van der Waals surface area contributed by atoms with Crippen molar-refractivity contribution in [1.82, 2.24) is 20.0 Å². The second-order valence-electron chi connectivity index (χ2n) is 8.70. The Hall–Kier alpha value is -4.01. The molecule has 4 rings (SSSR count). The molecule has 37 heavy (non-hydrogen) atoms. The molecule has 1 aliphatic heterocycles. The summed E-state index contributed by atoms with van der Waals surface area (Å²) in [5.74, 6) is -1.47. The predicted octanol–water partition coefficient (Wildman–Crippen LogP) is 3.95. The van der Waals surface area contributed by atoms with E-state index in [1.54, 1.807) is 24.8 Å². The highest BCUT2D eigenvalue weighted by Gasteiger charge is 2.35. The maximum Gasteiger partial charge on any atom is 0.358 e. The molecule has 0 spiro atoms. The minimum atomic E-state index is -0.926. The van der Waals surface area contributed by atoms with Gasteiger partial charge >= 0.3 is 12.8 Å². The second kappa shape index (κ2) is 11.8. The number of likely N-dealkylation sites (tertiary alicyclic amines) is 1. The Bertz CT molecular complexity index is 1280. The quantitative estimate of drug-likeness (QED) is 0.426. The molecular weight excluding hydrogens is 482 g/mol. The molecular formula is C26H28F2N6O3. The number of benzene rings is 2. The lowest BCUT2D eigenvalue weighted by Gasteiger charge is -2.21. The third-order valence-corrected chi connectivity index (χ3v) is 6.27. The number of carbonyl (C=O) groups excluding carboxylic acids is 1. The summed E-state index contributed by atoms with van der Waals surface area (Å²) in [7, 11) is 1.61. The average Bonchev–Trinajstić information content (AvgIpc) is 3.44. The molecule has 1 aromatic heterocycles. The van der Waals surface area contributed by atoms with Crippen LogP contribution in [0.25, 0.3) is 10.5 Å². The van der Waals surface area contributed by atoms with E-state index in [0.717, 1.165) is 6.07 Å². The van der Waals surface area contributed by atoms with Gasteiger partial charge < -0.3 is 14.8 Å². The minimum absolute atomic E-state index is 0.201. The number of rotatable bonds is 9. The SMILES string of the molecule is [C-]#[N+]COc1nn(-c2ccccc2)c(NC(=O)N[C@@H]2CN(CCOC)C[C@H]2c2ccc(F)c(F)c2)c1C. The lowest BCUT2D eigenvalue weighted by atomic mass is 9.94. The average molecular weight is 511 g/mol. The number of hydrogen-bond donors (Lipinski definition) is 2. The third kappa shape index (κ3) is 6.04. The highest BCUT2D eigenvalue weighted by atomic mass is 19.2. The van der Waals surface area contributed by atoms with Crippen molar-refractivity contribution in [1.29, 1.82) is 0 Å². The monoisotopic (exact) mass is 510 g/mol. The molecule has 11 heteroatoms. The van der Waals surface area contributed by atoms with Crippen LogP contribution < -0.4 is 15.4 Å². The van der Waals surface area contributed by atoms with E-state index in [9.17, 15) is 13.6 Å². The fourth-order valence-electron chi connectivity index (χ4n) is 4.44. The van der Waals surface area contributed by atoms with Crippen LogP contribution in [0.1, 0.15) is 17.0 Å². The Balaban J connectivity index is 1.57. The number of para-hydroxylation sites is 1. The Morgan fingerprint density at radius 3 is 2.68 bits per heavy atom. The molecule has 0 radical (unpaired) electrons. The van der Waals surface area contributed by atoms with E-state index < -0.39 is 17.7 Å².